The van der Waals surface area contributed by atoms with E-state index in [1.807, 2.05) is 0 Å². The molecule has 0 atom stereocenters. The number of amides is 1. The highest BCUT2D eigenvalue weighted by Crippen LogP contribution is 2.29. The van der Waals surface area contributed by atoms with Crippen molar-refractivity contribution in [3.05, 3.63) is 77.6 Å². The summed E-state index contributed by atoms with van der Waals surface area (Å²) in [5, 5.41) is 2.97. The van der Waals surface area contributed by atoms with Crippen molar-refractivity contribution in [3.8, 4) is 11.6 Å². The summed E-state index contributed by atoms with van der Waals surface area (Å²) < 4.78 is 6.00. The Kier molecular flexibility index (Phi) is 6.77. The van der Waals surface area contributed by atoms with Gasteiger partial charge in [0.05, 0.1) is 0 Å². The molecule has 1 aliphatic heterocycles. The van der Waals surface area contributed by atoms with E-state index < -0.39 is 0 Å². The van der Waals surface area contributed by atoms with Crippen LogP contribution in [-0.4, -0.2) is 29.0 Å². The third kappa shape index (κ3) is 5.40. The number of piperidine rings is 1. The van der Waals surface area contributed by atoms with E-state index in [1.54, 1.807) is 36.7 Å². The van der Waals surface area contributed by atoms with Crippen LogP contribution in [0, 0.1) is 0 Å². The van der Waals surface area contributed by atoms with Crippen LogP contribution in [0.2, 0.25) is 0 Å². The number of nitrogens with zero attached hydrogens (tertiary/aromatic N) is 3. The minimum Gasteiger partial charge on any atom is -0.436 e. The zero-order chi connectivity index (χ0) is 21.5. The number of aryl methyl sites for hydroxylation is 1. The molecule has 1 aromatic heterocycles. The zero-order valence-electron chi connectivity index (χ0n) is 17.9. The molecule has 0 radical (unpaired) electrons. The molecule has 6 nitrogen and oxygen atoms in total. The average molecular weight is 417 g/mol. The molecule has 1 aliphatic rings. The number of rotatable bonds is 7. The van der Waals surface area contributed by atoms with Crippen LogP contribution >= 0.6 is 0 Å². The summed E-state index contributed by atoms with van der Waals surface area (Å²) in [5.74, 6) is 1.79. The average Bonchev–Trinajstić information content (AvgIpc) is 2.84. The van der Waals surface area contributed by atoms with Gasteiger partial charge in [0.1, 0.15) is 5.75 Å². The predicted octanol–water partition coefficient (Wildman–Crippen LogP) is 4.75. The van der Waals surface area contributed by atoms with Crippen molar-refractivity contribution in [2.45, 2.75) is 39.2 Å². The van der Waals surface area contributed by atoms with Crippen LogP contribution in [0.5, 0.6) is 11.6 Å². The van der Waals surface area contributed by atoms with Crippen LogP contribution in [0.3, 0.4) is 0 Å². The lowest BCUT2D eigenvalue weighted by Crippen LogP contribution is -2.30. The standard InChI is InChI=1S/C25H28N4O2/c1-2-19-6-8-20(9-7-19)18-28-24(30)21-10-12-22(13-11-21)31-25-23(26-14-15-27-25)29-16-4-3-5-17-29/h6-15H,2-5,16-18H2,1H3,(H,28,30). The Bertz CT molecular complexity index is 997. The molecule has 1 amide bonds. The number of aromatic nitrogens is 2. The van der Waals surface area contributed by atoms with Crippen LogP contribution in [0.15, 0.2) is 60.9 Å². The molecule has 31 heavy (non-hydrogen) atoms. The van der Waals surface area contributed by atoms with Crippen LogP contribution in [0.25, 0.3) is 0 Å². The normalized spacial score (nSPS) is 13.6. The van der Waals surface area contributed by atoms with Gasteiger partial charge in [-0.25, -0.2) is 9.97 Å². The Labute approximate surface area is 183 Å². The van der Waals surface area contributed by atoms with Gasteiger partial charge in [0, 0.05) is 37.6 Å². The Morgan fingerprint density at radius 3 is 2.32 bits per heavy atom. The number of ether oxygens (including phenoxy) is 1. The monoisotopic (exact) mass is 416 g/mol. The first-order valence-corrected chi connectivity index (χ1v) is 10.9. The molecular formula is C25H28N4O2. The maximum Gasteiger partial charge on any atom is 0.263 e. The Morgan fingerprint density at radius 1 is 0.935 bits per heavy atom. The highest BCUT2D eigenvalue weighted by molar-refractivity contribution is 5.94. The first-order chi connectivity index (χ1) is 15.2. The van der Waals surface area contributed by atoms with Crippen molar-refractivity contribution in [3.63, 3.8) is 0 Å². The number of hydrogen-bond acceptors (Lipinski definition) is 5. The van der Waals surface area contributed by atoms with E-state index in [2.05, 4.69) is 51.4 Å². The van der Waals surface area contributed by atoms with Crippen molar-refractivity contribution < 1.29 is 9.53 Å². The molecule has 1 N–H and O–H groups in total. The van der Waals surface area contributed by atoms with Crippen molar-refractivity contribution in [2.24, 2.45) is 0 Å². The third-order valence-electron chi connectivity index (χ3n) is 5.52. The molecule has 3 aromatic rings. The lowest BCUT2D eigenvalue weighted by molar-refractivity contribution is 0.0951. The van der Waals surface area contributed by atoms with Gasteiger partial charge in [0.25, 0.3) is 11.8 Å². The molecule has 0 bridgehead atoms. The van der Waals surface area contributed by atoms with E-state index in [0.717, 1.165) is 43.7 Å². The summed E-state index contributed by atoms with van der Waals surface area (Å²) in [6.07, 6.45) is 7.90. The number of hydrogen-bond donors (Lipinski definition) is 1. The van der Waals surface area contributed by atoms with Gasteiger partial charge < -0.3 is 15.0 Å². The summed E-state index contributed by atoms with van der Waals surface area (Å²) in [7, 11) is 0. The van der Waals surface area contributed by atoms with Crippen molar-refractivity contribution in [2.75, 3.05) is 18.0 Å². The van der Waals surface area contributed by atoms with Gasteiger partial charge in [-0.1, -0.05) is 31.2 Å². The van der Waals surface area contributed by atoms with Crippen molar-refractivity contribution in [1.29, 1.82) is 0 Å². The maximum atomic E-state index is 12.5. The highest BCUT2D eigenvalue weighted by atomic mass is 16.5. The Hall–Kier alpha value is -3.41. The number of benzene rings is 2. The third-order valence-corrected chi connectivity index (χ3v) is 5.52. The van der Waals surface area contributed by atoms with Gasteiger partial charge in [0.15, 0.2) is 5.82 Å². The summed E-state index contributed by atoms with van der Waals surface area (Å²) >= 11 is 0. The minimum atomic E-state index is -0.111. The van der Waals surface area contributed by atoms with Gasteiger partial charge in [0.2, 0.25) is 0 Å². The topological polar surface area (TPSA) is 67.3 Å². The van der Waals surface area contributed by atoms with Crippen LogP contribution in [-0.2, 0) is 13.0 Å². The van der Waals surface area contributed by atoms with Crippen LogP contribution < -0.4 is 15.0 Å². The first kappa shape index (κ1) is 20.8. The summed E-state index contributed by atoms with van der Waals surface area (Å²) in [6, 6.07) is 15.4. The highest BCUT2D eigenvalue weighted by Gasteiger charge is 2.18. The molecule has 1 saturated heterocycles. The fourth-order valence-corrected chi connectivity index (χ4v) is 3.68. The van der Waals surface area contributed by atoms with Crippen LogP contribution in [0.1, 0.15) is 47.7 Å². The molecule has 6 heteroatoms. The van der Waals surface area contributed by atoms with Crippen molar-refractivity contribution >= 4 is 11.7 Å². The second-order valence-corrected chi connectivity index (χ2v) is 7.71. The number of nitrogens with one attached hydrogen (secondary N) is 1. The second-order valence-electron chi connectivity index (χ2n) is 7.71. The number of carbonyl (C=O) groups excluding carboxylic acids is 1. The Morgan fingerprint density at radius 2 is 1.61 bits per heavy atom. The fraction of sp³-hybridized carbons (Fsp3) is 0.320. The molecule has 0 saturated carbocycles. The lowest BCUT2D eigenvalue weighted by Gasteiger charge is -2.28. The van der Waals surface area contributed by atoms with E-state index in [4.69, 9.17) is 4.74 Å². The van der Waals surface area contributed by atoms with Gasteiger partial charge in [-0.3, -0.25) is 4.79 Å². The van der Waals surface area contributed by atoms with E-state index in [1.165, 1.54) is 12.0 Å². The van der Waals surface area contributed by atoms with E-state index >= 15 is 0 Å². The molecule has 160 valence electrons. The molecule has 0 unspecified atom stereocenters. The van der Waals surface area contributed by atoms with Gasteiger partial charge in [-0.15, -0.1) is 0 Å². The second kappa shape index (κ2) is 10.1. The SMILES string of the molecule is CCc1ccc(CNC(=O)c2ccc(Oc3nccnc3N3CCCCC3)cc2)cc1. The summed E-state index contributed by atoms with van der Waals surface area (Å²) in [4.78, 5) is 23.6. The molecule has 2 aromatic carbocycles. The quantitative estimate of drug-likeness (QED) is 0.602. The summed E-state index contributed by atoms with van der Waals surface area (Å²) in [6.45, 7) is 4.56. The molecular weight excluding hydrogens is 388 g/mol. The minimum absolute atomic E-state index is 0.111. The largest absolute Gasteiger partial charge is 0.436 e. The molecule has 4 rings (SSSR count). The predicted molar refractivity (Wildman–Crippen MR) is 122 cm³/mol. The Balaban J connectivity index is 1.37. The van der Waals surface area contributed by atoms with Crippen LogP contribution in [0.4, 0.5) is 5.82 Å². The van der Waals surface area contributed by atoms with Gasteiger partial charge >= 0.3 is 0 Å². The maximum absolute atomic E-state index is 12.5. The van der Waals surface area contributed by atoms with Gasteiger partial charge in [-0.2, -0.15) is 0 Å². The fourth-order valence-electron chi connectivity index (χ4n) is 3.68. The zero-order valence-corrected chi connectivity index (χ0v) is 17.9. The lowest BCUT2D eigenvalue weighted by atomic mass is 10.1. The molecule has 0 spiro atoms. The van der Waals surface area contributed by atoms with E-state index in [0.29, 0.717) is 23.7 Å². The first-order valence-electron chi connectivity index (χ1n) is 10.9. The number of carbonyl (C=O) groups is 1. The molecule has 1 fully saturated rings. The van der Waals surface area contributed by atoms with Gasteiger partial charge in [-0.05, 0) is 61.1 Å². The summed E-state index contributed by atoms with van der Waals surface area (Å²) in [5.41, 5.74) is 2.96. The smallest absolute Gasteiger partial charge is 0.263 e. The van der Waals surface area contributed by atoms with E-state index in [9.17, 15) is 4.79 Å². The molecule has 0 aliphatic carbocycles. The van der Waals surface area contributed by atoms with E-state index in [-0.39, 0.29) is 5.91 Å². The van der Waals surface area contributed by atoms with Crippen molar-refractivity contribution in [1.82, 2.24) is 15.3 Å². The number of anilines is 1. The molecule has 2 heterocycles.